The van der Waals surface area contributed by atoms with Crippen LogP contribution in [0.2, 0.25) is 0 Å². The molecular weight excluding hydrogens is 185 g/mol. The van der Waals surface area contributed by atoms with Gasteiger partial charge in [0, 0.05) is 12.5 Å². The molecule has 3 rings (SSSR count). The summed E-state index contributed by atoms with van der Waals surface area (Å²) in [6, 6.07) is -0.213. The Hall–Kier alpha value is -0.800. The van der Waals surface area contributed by atoms with Crippen LogP contribution in [0.25, 0.3) is 0 Å². The van der Waals surface area contributed by atoms with Gasteiger partial charge in [0.05, 0.1) is 6.04 Å². The van der Waals surface area contributed by atoms with Crippen molar-refractivity contribution in [2.24, 2.45) is 5.92 Å². The number of halogens is 1. The molecule has 3 aliphatic rings. The molecule has 0 spiro atoms. The minimum absolute atomic E-state index is 0.0625. The molecule has 2 bridgehead atoms. The van der Waals surface area contributed by atoms with E-state index in [2.05, 4.69) is 0 Å². The highest BCUT2D eigenvalue weighted by Gasteiger charge is 2.55. The number of hydrogen-bond acceptors (Lipinski definition) is 2. The van der Waals surface area contributed by atoms with Gasteiger partial charge in [-0.05, 0) is 27.2 Å². The molecule has 1 saturated carbocycles. The third-order valence-corrected chi connectivity index (χ3v) is 2.82. The molecule has 3 atom stereocenters. The molecular formula is C10H16FNO2. The van der Waals surface area contributed by atoms with Crippen molar-refractivity contribution < 1.29 is 13.9 Å². The molecule has 0 aromatic rings. The van der Waals surface area contributed by atoms with Gasteiger partial charge in [-0.2, -0.15) is 0 Å². The minimum atomic E-state index is -0.817. The molecule has 0 radical (unpaired) electrons. The van der Waals surface area contributed by atoms with E-state index in [9.17, 15) is 9.18 Å². The molecule has 80 valence electrons. The molecule has 4 heteroatoms. The highest BCUT2D eigenvalue weighted by atomic mass is 19.1. The molecule has 1 aliphatic carbocycles. The van der Waals surface area contributed by atoms with Gasteiger partial charge >= 0.3 is 6.09 Å². The fraction of sp³-hybridized carbons (Fsp3) is 0.900. The third-order valence-electron chi connectivity index (χ3n) is 2.82. The topological polar surface area (TPSA) is 29.5 Å². The van der Waals surface area contributed by atoms with Crippen LogP contribution in [0.15, 0.2) is 0 Å². The summed E-state index contributed by atoms with van der Waals surface area (Å²) < 4.78 is 18.3. The van der Waals surface area contributed by atoms with Gasteiger partial charge in [0.25, 0.3) is 0 Å². The maximum Gasteiger partial charge on any atom is 0.410 e. The van der Waals surface area contributed by atoms with Crippen LogP contribution in [0.5, 0.6) is 0 Å². The van der Waals surface area contributed by atoms with Crippen LogP contribution in [0.1, 0.15) is 27.2 Å². The standard InChI is InChI=1S/C10H16FNO2/c1-10(2,3)14-9(13)12-5-6-4-7(12)8(6)11/h6-8H,4-5H2,1-3H3/t6-,7-,8+/m0/s1. The Morgan fingerprint density at radius 1 is 1.50 bits per heavy atom. The second-order valence-corrected chi connectivity index (χ2v) is 5.14. The summed E-state index contributed by atoms with van der Waals surface area (Å²) in [7, 11) is 0. The molecule has 0 aromatic heterocycles. The predicted molar refractivity (Wildman–Crippen MR) is 49.7 cm³/mol. The summed E-state index contributed by atoms with van der Waals surface area (Å²) in [6.45, 7) is 5.98. The lowest BCUT2D eigenvalue weighted by molar-refractivity contribution is 0.0169. The van der Waals surface area contributed by atoms with E-state index in [1.54, 1.807) is 0 Å². The molecule has 3 fully saturated rings. The van der Waals surface area contributed by atoms with Crippen LogP contribution >= 0.6 is 0 Å². The molecule has 0 unspecified atom stereocenters. The predicted octanol–water partition coefficient (Wildman–Crippen LogP) is 1.96. The van der Waals surface area contributed by atoms with Crippen molar-refractivity contribution in [3.05, 3.63) is 0 Å². The van der Waals surface area contributed by atoms with Crippen molar-refractivity contribution >= 4 is 6.09 Å². The molecule has 14 heavy (non-hydrogen) atoms. The van der Waals surface area contributed by atoms with E-state index in [0.29, 0.717) is 6.54 Å². The van der Waals surface area contributed by atoms with Crippen molar-refractivity contribution in [3.8, 4) is 0 Å². The summed E-state index contributed by atoms with van der Waals surface area (Å²) in [5, 5.41) is 0. The first-order chi connectivity index (χ1) is 6.38. The SMILES string of the molecule is CC(C)(C)OC(=O)N1C[C@@H]2C[C@H]1[C@@H]2F. The molecule has 1 amide bonds. The monoisotopic (exact) mass is 201 g/mol. The first-order valence-corrected chi connectivity index (χ1v) is 5.02. The van der Waals surface area contributed by atoms with Gasteiger partial charge < -0.3 is 9.64 Å². The number of hydrogen-bond donors (Lipinski definition) is 0. The van der Waals surface area contributed by atoms with Crippen LogP contribution in [-0.4, -0.2) is 35.4 Å². The number of rotatable bonds is 0. The van der Waals surface area contributed by atoms with Gasteiger partial charge in [-0.25, -0.2) is 9.18 Å². The van der Waals surface area contributed by atoms with E-state index in [4.69, 9.17) is 4.74 Å². The summed E-state index contributed by atoms with van der Waals surface area (Å²) in [4.78, 5) is 13.1. The average Bonchev–Trinajstić information content (AvgIpc) is 2.55. The van der Waals surface area contributed by atoms with Gasteiger partial charge in [-0.3, -0.25) is 0 Å². The number of carbonyl (C=O) groups is 1. The number of amides is 1. The molecule has 2 aliphatic heterocycles. The zero-order valence-corrected chi connectivity index (χ0v) is 8.79. The van der Waals surface area contributed by atoms with E-state index in [-0.39, 0.29) is 18.1 Å². The minimum Gasteiger partial charge on any atom is -0.444 e. The maximum atomic E-state index is 13.2. The summed E-state index contributed by atoms with van der Waals surface area (Å²) >= 11 is 0. The lowest BCUT2D eigenvalue weighted by Gasteiger charge is -2.31. The van der Waals surface area contributed by atoms with Gasteiger partial charge in [0.15, 0.2) is 0 Å². The second-order valence-electron chi connectivity index (χ2n) is 5.14. The van der Waals surface area contributed by atoms with E-state index >= 15 is 0 Å². The normalized spacial score (nSPS) is 35.4. The van der Waals surface area contributed by atoms with Crippen molar-refractivity contribution in [2.75, 3.05) is 6.54 Å². The first-order valence-electron chi connectivity index (χ1n) is 5.02. The maximum absolute atomic E-state index is 13.2. The summed E-state index contributed by atoms with van der Waals surface area (Å²) in [6.07, 6.45) is -0.381. The van der Waals surface area contributed by atoms with Crippen LogP contribution < -0.4 is 0 Å². The Morgan fingerprint density at radius 3 is 2.50 bits per heavy atom. The first kappa shape index (κ1) is 9.74. The van der Waals surface area contributed by atoms with Crippen LogP contribution in [0.3, 0.4) is 0 Å². The van der Waals surface area contributed by atoms with Crippen LogP contribution in [0.4, 0.5) is 9.18 Å². The van der Waals surface area contributed by atoms with Crippen molar-refractivity contribution in [1.82, 2.24) is 4.90 Å². The molecule has 2 saturated heterocycles. The Kier molecular flexibility index (Phi) is 1.98. The van der Waals surface area contributed by atoms with E-state index in [0.717, 1.165) is 6.42 Å². The van der Waals surface area contributed by atoms with E-state index < -0.39 is 11.8 Å². The Morgan fingerprint density at radius 2 is 2.14 bits per heavy atom. The highest BCUT2D eigenvalue weighted by molar-refractivity contribution is 5.70. The van der Waals surface area contributed by atoms with Crippen LogP contribution in [0, 0.1) is 5.92 Å². The number of carbonyl (C=O) groups excluding carboxylic acids is 1. The second kappa shape index (κ2) is 2.84. The lowest BCUT2D eigenvalue weighted by atomic mass is 9.84. The van der Waals surface area contributed by atoms with Gasteiger partial charge in [0.1, 0.15) is 11.8 Å². The zero-order chi connectivity index (χ0) is 10.5. The number of fused-ring (bicyclic) bond motifs is 1. The Labute approximate surface area is 83.2 Å². The Bertz CT molecular complexity index is 261. The fourth-order valence-corrected chi connectivity index (χ4v) is 2.08. The number of ether oxygens (including phenoxy) is 1. The third kappa shape index (κ3) is 1.47. The lowest BCUT2D eigenvalue weighted by Crippen LogP contribution is -2.44. The van der Waals surface area contributed by atoms with Crippen molar-refractivity contribution in [3.63, 3.8) is 0 Å². The quantitative estimate of drug-likeness (QED) is 0.599. The zero-order valence-electron chi connectivity index (χ0n) is 8.79. The molecule has 2 heterocycles. The summed E-state index contributed by atoms with van der Waals surface area (Å²) in [5.41, 5.74) is -0.490. The molecule has 0 N–H and O–H groups in total. The molecule has 3 nitrogen and oxygen atoms in total. The number of alkyl halides is 1. The summed E-state index contributed by atoms with van der Waals surface area (Å²) in [5.74, 6) is 0.0625. The van der Waals surface area contributed by atoms with Gasteiger partial charge in [0.2, 0.25) is 0 Å². The van der Waals surface area contributed by atoms with Gasteiger partial charge in [-0.1, -0.05) is 0 Å². The van der Waals surface area contributed by atoms with Crippen molar-refractivity contribution in [1.29, 1.82) is 0 Å². The van der Waals surface area contributed by atoms with E-state index in [1.807, 2.05) is 20.8 Å². The smallest absolute Gasteiger partial charge is 0.410 e. The molecule has 0 aromatic carbocycles. The number of nitrogens with zero attached hydrogens (tertiary/aromatic N) is 1. The largest absolute Gasteiger partial charge is 0.444 e. The van der Waals surface area contributed by atoms with Gasteiger partial charge in [-0.15, -0.1) is 0 Å². The van der Waals surface area contributed by atoms with Crippen molar-refractivity contribution in [2.45, 2.75) is 45.0 Å². The van der Waals surface area contributed by atoms with E-state index in [1.165, 1.54) is 4.90 Å². The average molecular weight is 201 g/mol. The highest BCUT2D eigenvalue weighted by Crippen LogP contribution is 2.43. The van der Waals surface area contributed by atoms with Crippen LogP contribution in [-0.2, 0) is 4.74 Å². The fourth-order valence-electron chi connectivity index (χ4n) is 2.08. The Balaban J connectivity index is 1.94.